The second-order valence-corrected chi connectivity index (χ2v) is 8.08. The molecule has 3 rings (SSSR count). The van der Waals surface area contributed by atoms with Gasteiger partial charge in [0.25, 0.3) is 5.91 Å². The van der Waals surface area contributed by atoms with Crippen molar-refractivity contribution in [3.8, 4) is 11.5 Å². The molecular weight excluding hydrogens is 496 g/mol. The second kappa shape index (κ2) is 13.6. The van der Waals surface area contributed by atoms with E-state index in [1.54, 1.807) is 54.6 Å². The highest BCUT2D eigenvalue weighted by Gasteiger charge is 2.14. The Morgan fingerprint density at radius 2 is 1.68 bits per heavy atom. The molecule has 10 heteroatoms. The Morgan fingerprint density at radius 3 is 2.41 bits per heavy atom. The van der Waals surface area contributed by atoms with Crippen LogP contribution in [0.3, 0.4) is 0 Å². The molecule has 3 aromatic rings. The molecule has 0 fully saturated rings. The number of nitrogens with one attached hydrogen (secondary N) is 3. The molecule has 0 aliphatic heterocycles. The second-order valence-electron chi connectivity index (χ2n) is 7.64. The molecule has 9 nitrogen and oxygen atoms in total. The van der Waals surface area contributed by atoms with E-state index in [9.17, 15) is 14.4 Å². The molecule has 0 aliphatic carbocycles. The molecular formula is C27H27ClN4O5. The van der Waals surface area contributed by atoms with Crippen LogP contribution in [0.2, 0.25) is 5.02 Å². The summed E-state index contributed by atoms with van der Waals surface area (Å²) in [5.74, 6) is -1.16. The average molecular weight is 523 g/mol. The summed E-state index contributed by atoms with van der Waals surface area (Å²) in [6.07, 6.45) is 1.97. The number of carbonyl (C=O) groups is 3. The maximum Gasteiger partial charge on any atom is 0.329 e. The fourth-order valence-corrected chi connectivity index (χ4v) is 3.41. The van der Waals surface area contributed by atoms with E-state index in [1.807, 2.05) is 26.0 Å². The van der Waals surface area contributed by atoms with Gasteiger partial charge in [0, 0.05) is 22.0 Å². The van der Waals surface area contributed by atoms with Gasteiger partial charge in [0.15, 0.2) is 6.61 Å². The van der Waals surface area contributed by atoms with Gasteiger partial charge in [0.2, 0.25) is 0 Å². The molecule has 0 saturated heterocycles. The molecule has 37 heavy (non-hydrogen) atoms. The Labute approximate surface area is 219 Å². The number of rotatable bonds is 10. The third-order valence-electron chi connectivity index (χ3n) is 5.00. The maximum atomic E-state index is 12.3. The van der Waals surface area contributed by atoms with Gasteiger partial charge in [-0.25, -0.2) is 5.43 Å². The molecule has 0 unspecified atom stereocenters. The lowest BCUT2D eigenvalue weighted by molar-refractivity contribution is -0.136. The van der Waals surface area contributed by atoms with Gasteiger partial charge in [-0.2, -0.15) is 5.10 Å². The monoisotopic (exact) mass is 522 g/mol. The lowest BCUT2D eigenvalue weighted by atomic mass is 10.1. The van der Waals surface area contributed by atoms with Crippen LogP contribution >= 0.6 is 11.6 Å². The van der Waals surface area contributed by atoms with Gasteiger partial charge >= 0.3 is 11.8 Å². The Kier molecular flexibility index (Phi) is 10.0. The first-order chi connectivity index (χ1) is 17.9. The fraction of sp³-hybridized carbons (Fsp3) is 0.185. The average Bonchev–Trinajstić information content (AvgIpc) is 2.89. The zero-order valence-corrected chi connectivity index (χ0v) is 21.2. The van der Waals surface area contributed by atoms with Crippen molar-refractivity contribution in [3.05, 3.63) is 82.9 Å². The number of anilines is 2. The van der Waals surface area contributed by atoms with E-state index in [2.05, 4.69) is 21.2 Å². The minimum atomic E-state index is -0.943. The normalized spacial score (nSPS) is 10.6. The smallest absolute Gasteiger partial charge is 0.329 e. The topological polar surface area (TPSA) is 118 Å². The molecule has 0 bridgehead atoms. The van der Waals surface area contributed by atoms with E-state index < -0.39 is 11.8 Å². The summed E-state index contributed by atoms with van der Waals surface area (Å²) in [7, 11) is 0. The highest BCUT2D eigenvalue weighted by Crippen LogP contribution is 2.22. The molecule has 0 atom stereocenters. The molecule has 0 aromatic heterocycles. The van der Waals surface area contributed by atoms with Gasteiger partial charge in [-0.15, -0.1) is 0 Å². The summed E-state index contributed by atoms with van der Waals surface area (Å²) in [6, 6.07) is 18.9. The maximum absolute atomic E-state index is 12.3. The molecule has 3 amide bonds. The molecule has 3 N–H and O–H groups in total. The third kappa shape index (κ3) is 8.36. The van der Waals surface area contributed by atoms with Crippen LogP contribution in [0.1, 0.15) is 25.0 Å². The van der Waals surface area contributed by atoms with Gasteiger partial charge in [0.1, 0.15) is 11.5 Å². The first-order valence-corrected chi connectivity index (χ1v) is 11.9. The number of para-hydroxylation sites is 1. The predicted molar refractivity (Wildman–Crippen MR) is 143 cm³/mol. The minimum absolute atomic E-state index is 0.277. The Bertz CT molecular complexity index is 1280. The van der Waals surface area contributed by atoms with Gasteiger partial charge < -0.3 is 20.1 Å². The van der Waals surface area contributed by atoms with E-state index in [4.69, 9.17) is 21.1 Å². The van der Waals surface area contributed by atoms with Crippen molar-refractivity contribution in [2.45, 2.75) is 20.3 Å². The van der Waals surface area contributed by atoms with E-state index in [0.29, 0.717) is 46.5 Å². The number of amides is 3. The fourth-order valence-electron chi connectivity index (χ4n) is 3.23. The van der Waals surface area contributed by atoms with Crippen molar-refractivity contribution in [1.29, 1.82) is 0 Å². The van der Waals surface area contributed by atoms with E-state index in [-0.39, 0.29) is 12.5 Å². The summed E-state index contributed by atoms with van der Waals surface area (Å²) < 4.78 is 11.0. The summed E-state index contributed by atoms with van der Waals surface area (Å²) in [4.78, 5) is 36.7. The number of nitrogens with zero attached hydrogens (tertiary/aromatic N) is 1. The van der Waals surface area contributed by atoms with Crippen LogP contribution in [0.25, 0.3) is 0 Å². The lowest BCUT2D eigenvalue weighted by Crippen LogP contribution is -2.32. The SMILES string of the molecule is CCOc1ccc(NC(=O)COc2ccc(Cl)cc2/C=N\NC(=O)C(=O)Nc2ccccc2CC)cc1. The number of halogens is 1. The van der Waals surface area contributed by atoms with Crippen LogP contribution in [0.5, 0.6) is 11.5 Å². The van der Waals surface area contributed by atoms with Gasteiger partial charge in [-0.1, -0.05) is 36.7 Å². The number of ether oxygens (including phenoxy) is 2. The minimum Gasteiger partial charge on any atom is -0.494 e. The van der Waals surface area contributed by atoms with Crippen molar-refractivity contribution in [2.75, 3.05) is 23.8 Å². The van der Waals surface area contributed by atoms with Crippen molar-refractivity contribution in [3.63, 3.8) is 0 Å². The first-order valence-electron chi connectivity index (χ1n) is 11.6. The molecule has 192 valence electrons. The number of hydrogen-bond acceptors (Lipinski definition) is 6. The number of aryl methyl sites for hydroxylation is 1. The van der Waals surface area contributed by atoms with E-state index in [1.165, 1.54) is 6.21 Å². The van der Waals surface area contributed by atoms with Crippen molar-refractivity contribution >= 4 is 46.9 Å². The van der Waals surface area contributed by atoms with Gasteiger partial charge in [-0.05, 0) is 67.4 Å². The zero-order chi connectivity index (χ0) is 26.6. The highest BCUT2D eigenvalue weighted by molar-refractivity contribution is 6.39. The lowest BCUT2D eigenvalue weighted by Gasteiger charge is -2.11. The highest BCUT2D eigenvalue weighted by atomic mass is 35.5. The summed E-state index contributed by atoms with van der Waals surface area (Å²) in [5.41, 5.74) is 4.63. The number of carbonyl (C=O) groups excluding carboxylic acids is 3. The van der Waals surface area contributed by atoms with E-state index in [0.717, 1.165) is 5.56 Å². The van der Waals surface area contributed by atoms with Gasteiger partial charge in [-0.3, -0.25) is 14.4 Å². The Morgan fingerprint density at radius 1 is 0.919 bits per heavy atom. The predicted octanol–water partition coefficient (Wildman–Crippen LogP) is 4.41. The first kappa shape index (κ1) is 27.2. The van der Waals surface area contributed by atoms with Gasteiger partial charge in [0.05, 0.1) is 12.8 Å². The molecule has 3 aromatic carbocycles. The number of hydrogen-bond donors (Lipinski definition) is 3. The summed E-state index contributed by atoms with van der Waals surface area (Å²) in [6.45, 7) is 4.11. The Balaban J connectivity index is 1.56. The zero-order valence-electron chi connectivity index (χ0n) is 20.4. The summed E-state index contributed by atoms with van der Waals surface area (Å²) in [5, 5.41) is 9.53. The summed E-state index contributed by atoms with van der Waals surface area (Å²) >= 11 is 6.07. The number of benzene rings is 3. The van der Waals surface area contributed by atoms with Crippen LogP contribution < -0.4 is 25.5 Å². The van der Waals surface area contributed by atoms with Crippen molar-refractivity contribution in [2.24, 2.45) is 5.10 Å². The molecule has 0 heterocycles. The third-order valence-corrected chi connectivity index (χ3v) is 5.24. The van der Waals surface area contributed by atoms with Crippen molar-refractivity contribution in [1.82, 2.24) is 5.43 Å². The van der Waals surface area contributed by atoms with Crippen LogP contribution in [0, 0.1) is 0 Å². The van der Waals surface area contributed by atoms with Crippen LogP contribution in [-0.2, 0) is 20.8 Å². The molecule has 0 radical (unpaired) electrons. The van der Waals surface area contributed by atoms with Crippen LogP contribution in [0.15, 0.2) is 71.8 Å². The van der Waals surface area contributed by atoms with Crippen molar-refractivity contribution < 1.29 is 23.9 Å². The molecule has 0 saturated carbocycles. The number of hydrazone groups is 1. The largest absolute Gasteiger partial charge is 0.494 e. The molecule has 0 aliphatic rings. The quantitative estimate of drug-likeness (QED) is 0.207. The van der Waals surface area contributed by atoms with E-state index >= 15 is 0 Å². The standard InChI is InChI=1S/C27H27ClN4O5/c1-3-18-7-5-6-8-23(18)31-26(34)27(35)32-29-16-19-15-20(28)9-14-24(19)37-17-25(33)30-21-10-12-22(13-11-21)36-4-2/h5-16H,3-4,17H2,1-2H3,(H,30,33)(H,31,34)(H,32,35)/b29-16-. The van der Waals surface area contributed by atoms with Crippen LogP contribution in [-0.4, -0.2) is 37.1 Å². The Hall–Kier alpha value is -4.37. The van der Waals surface area contributed by atoms with Crippen LogP contribution in [0.4, 0.5) is 11.4 Å². The molecule has 0 spiro atoms.